The first-order valence-corrected chi connectivity index (χ1v) is 9.14. The zero-order valence-electron chi connectivity index (χ0n) is 13.7. The van der Waals surface area contributed by atoms with Gasteiger partial charge < -0.3 is 20.1 Å². The Hall–Kier alpha value is -2.04. The quantitative estimate of drug-likeness (QED) is 0.442. The van der Waals surface area contributed by atoms with Crippen molar-refractivity contribution in [2.45, 2.75) is 35.4 Å². The van der Waals surface area contributed by atoms with Gasteiger partial charge in [-0.1, -0.05) is 42.1 Å². The first-order chi connectivity index (χ1) is 12.7. The van der Waals surface area contributed by atoms with E-state index in [1.165, 1.54) is 18.1 Å². The van der Waals surface area contributed by atoms with Crippen molar-refractivity contribution in [1.82, 2.24) is 19.5 Å². The molecule has 0 spiro atoms. The topological polar surface area (TPSA) is 114 Å². The van der Waals surface area contributed by atoms with Gasteiger partial charge in [-0.2, -0.15) is 0 Å². The maximum absolute atomic E-state index is 10.2. The minimum atomic E-state index is -1.18. The normalized spacial score (nSPS) is 25.8. The molecule has 0 bridgehead atoms. The Morgan fingerprint density at radius 2 is 1.92 bits per heavy atom. The average Bonchev–Trinajstić information content (AvgIpc) is 3.22. The Kier molecular flexibility index (Phi) is 4.88. The van der Waals surface area contributed by atoms with E-state index in [4.69, 9.17) is 4.74 Å². The van der Waals surface area contributed by atoms with Crippen LogP contribution in [0.2, 0.25) is 0 Å². The monoisotopic (exact) mass is 374 g/mol. The molecule has 4 atom stereocenters. The van der Waals surface area contributed by atoms with Crippen LogP contribution in [-0.2, 0) is 10.5 Å². The molecule has 0 saturated carbocycles. The van der Waals surface area contributed by atoms with Crippen LogP contribution in [0.5, 0.6) is 0 Å². The fourth-order valence-electron chi connectivity index (χ4n) is 2.90. The smallest absolute Gasteiger partial charge is 0.189 e. The lowest BCUT2D eigenvalue weighted by Crippen LogP contribution is -2.33. The average molecular weight is 374 g/mol. The van der Waals surface area contributed by atoms with E-state index in [0.717, 1.165) is 11.3 Å². The maximum Gasteiger partial charge on any atom is 0.189 e. The molecule has 4 rings (SSSR count). The minimum absolute atomic E-state index is 0.380. The van der Waals surface area contributed by atoms with Crippen LogP contribution >= 0.6 is 11.8 Å². The summed E-state index contributed by atoms with van der Waals surface area (Å²) in [6.07, 6.45) is -0.954. The van der Waals surface area contributed by atoms with Gasteiger partial charge in [0.05, 0.1) is 19.1 Å². The number of hydrogen-bond acceptors (Lipinski definition) is 8. The number of fused-ring (bicyclic) bond motifs is 1. The second-order valence-corrected chi connectivity index (χ2v) is 6.96. The molecule has 0 radical (unpaired) electrons. The van der Waals surface area contributed by atoms with Gasteiger partial charge in [0.2, 0.25) is 0 Å². The van der Waals surface area contributed by atoms with Crippen molar-refractivity contribution in [2.75, 3.05) is 6.61 Å². The van der Waals surface area contributed by atoms with Gasteiger partial charge in [-0.05, 0) is 5.56 Å². The van der Waals surface area contributed by atoms with E-state index in [9.17, 15) is 15.3 Å². The molecule has 2 aromatic heterocycles. The van der Waals surface area contributed by atoms with Gasteiger partial charge in [0.25, 0.3) is 0 Å². The number of aromatic nitrogens is 4. The van der Waals surface area contributed by atoms with Crippen LogP contribution in [0.3, 0.4) is 0 Å². The summed E-state index contributed by atoms with van der Waals surface area (Å²) >= 11 is 1.49. The summed E-state index contributed by atoms with van der Waals surface area (Å²) in [5, 5.41) is 30.0. The number of imidazole rings is 1. The predicted molar refractivity (Wildman–Crippen MR) is 94.3 cm³/mol. The molecule has 0 aliphatic carbocycles. The molecule has 4 unspecified atom stereocenters. The van der Waals surface area contributed by atoms with Gasteiger partial charge in [-0.25, -0.2) is 15.0 Å². The fourth-order valence-corrected chi connectivity index (χ4v) is 3.67. The van der Waals surface area contributed by atoms with E-state index in [0.29, 0.717) is 16.3 Å². The molecule has 8 nitrogen and oxygen atoms in total. The van der Waals surface area contributed by atoms with Crippen LogP contribution in [0.1, 0.15) is 11.8 Å². The van der Waals surface area contributed by atoms with Gasteiger partial charge in [-0.15, -0.1) is 0 Å². The zero-order chi connectivity index (χ0) is 18.1. The third kappa shape index (κ3) is 3.19. The summed E-state index contributed by atoms with van der Waals surface area (Å²) in [6.45, 7) is -0.380. The Balaban J connectivity index is 1.59. The van der Waals surface area contributed by atoms with Crippen molar-refractivity contribution in [2.24, 2.45) is 0 Å². The van der Waals surface area contributed by atoms with Crippen LogP contribution in [0.25, 0.3) is 11.2 Å². The SMILES string of the molecule is OCC1OC(n2cnc3cnc(SCc4ccccc4)nc32)C(O)C1O. The number of ether oxygens (including phenoxy) is 1. The fraction of sp³-hybridized carbons (Fsp3) is 0.353. The number of aliphatic hydroxyl groups excluding tert-OH is 3. The predicted octanol–water partition coefficient (Wildman–Crippen LogP) is 0.730. The largest absolute Gasteiger partial charge is 0.394 e. The molecule has 1 aromatic carbocycles. The zero-order valence-corrected chi connectivity index (χ0v) is 14.5. The van der Waals surface area contributed by atoms with Crippen molar-refractivity contribution in [1.29, 1.82) is 0 Å². The third-order valence-corrected chi connectivity index (χ3v) is 5.23. The van der Waals surface area contributed by atoms with Gasteiger partial charge in [-0.3, -0.25) is 4.57 Å². The molecule has 3 N–H and O–H groups in total. The molecular weight excluding hydrogens is 356 g/mol. The highest BCUT2D eigenvalue weighted by atomic mass is 32.2. The number of benzene rings is 1. The van der Waals surface area contributed by atoms with E-state index in [1.807, 2.05) is 30.3 Å². The van der Waals surface area contributed by atoms with E-state index in [1.54, 1.807) is 10.8 Å². The van der Waals surface area contributed by atoms with Crippen LogP contribution in [0.15, 0.2) is 48.0 Å². The Labute approximate surface area is 153 Å². The summed E-state index contributed by atoms with van der Waals surface area (Å²) < 4.78 is 7.13. The Morgan fingerprint density at radius 1 is 1.12 bits per heavy atom. The van der Waals surface area contributed by atoms with E-state index >= 15 is 0 Å². The molecule has 3 heterocycles. The van der Waals surface area contributed by atoms with Crippen LogP contribution in [0, 0.1) is 0 Å². The lowest BCUT2D eigenvalue weighted by molar-refractivity contribution is -0.0511. The van der Waals surface area contributed by atoms with Gasteiger partial charge in [0.15, 0.2) is 17.0 Å². The second-order valence-electron chi connectivity index (χ2n) is 6.02. The first kappa shape index (κ1) is 17.4. The number of nitrogens with zero attached hydrogens (tertiary/aromatic N) is 4. The van der Waals surface area contributed by atoms with Crippen molar-refractivity contribution in [3.05, 3.63) is 48.4 Å². The highest BCUT2D eigenvalue weighted by Crippen LogP contribution is 2.31. The molecule has 1 aliphatic heterocycles. The Morgan fingerprint density at radius 3 is 2.65 bits per heavy atom. The summed E-state index contributed by atoms with van der Waals surface area (Å²) in [4.78, 5) is 13.1. The molecule has 1 aliphatic rings. The summed E-state index contributed by atoms with van der Waals surface area (Å²) in [7, 11) is 0. The molecule has 1 fully saturated rings. The highest BCUT2D eigenvalue weighted by molar-refractivity contribution is 7.98. The Bertz CT molecular complexity index is 891. The summed E-state index contributed by atoms with van der Waals surface area (Å²) in [5.74, 6) is 0.730. The van der Waals surface area contributed by atoms with E-state index < -0.39 is 24.5 Å². The van der Waals surface area contributed by atoms with Crippen molar-refractivity contribution >= 4 is 22.9 Å². The number of aliphatic hydroxyl groups is 3. The molecular formula is C17H18N4O4S. The van der Waals surface area contributed by atoms with Gasteiger partial charge >= 0.3 is 0 Å². The van der Waals surface area contributed by atoms with Crippen molar-refractivity contribution in [3.8, 4) is 0 Å². The third-order valence-electron chi connectivity index (χ3n) is 4.30. The minimum Gasteiger partial charge on any atom is -0.394 e. The van der Waals surface area contributed by atoms with E-state index in [-0.39, 0.29) is 6.61 Å². The molecule has 9 heteroatoms. The van der Waals surface area contributed by atoms with Crippen molar-refractivity contribution in [3.63, 3.8) is 0 Å². The standard InChI is InChI=1S/C17H18N4O4S/c22-7-12-13(23)14(24)16(25-12)21-9-19-11-6-18-17(20-15(11)21)26-8-10-4-2-1-3-5-10/h1-6,9,12-14,16,22-24H,7-8H2. The lowest BCUT2D eigenvalue weighted by Gasteiger charge is -2.16. The van der Waals surface area contributed by atoms with Gasteiger partial charge in [0, 0.05) is 5.75 Å². The highest BCUT2D eigenvalue weighted by Gasteiger charge is 2.43. The molecule has 26 heavy (non-hydrogen) atoms. The van der Waals surface area contributed by atoms with Crippen LogP contribution < -0.4 is 0 Å². The summed E-state index contributed by atoms with van der Waals surface area (Å²) in [5.41, 5.74) is 2.23. The first-order valence-electron chi connectivity index (χ1n) is 8.16. The number of hydrogen-bond donors (Lipinski definition) is 3. The molecule has 3 aromatic rings. The molecule has 1 saturated heterocycles. The number of thioether (sulfide) groups is 1. The molecule has 0 amide bonds. The summed E-state index contributed by atoms with van der Waals surface area (Å²) in [6, 6.07) is 10.0. The van der Waals surface area contributed by atoms with E-state index in [2.05, 4.69) is 15.0 Å². The molecule has 136 valence electrons. The van der Waals surface area contributed by atoms with Crippen molar-refractivity contribution < 1.29 is 20.1 Å². The van der Waals surface area contributed by atoms with Gasteiger partial charge in [0.1, 0.15) is 23.8 Å². The van der Waals surface area contributed by atoms with Crippen LogP contribution in [0.4, 0.5) is 0 Å². The maximum atomic E-state index is 10.2. The number of rotatable bonds is 5. The lowest BCUT2D eigenvalue weighted by atomic mass is 10.1. The second kappa shape index (κ2) is 7.29. The van der Waals surface area contributed by atoms with Crippen LogP contribution in [-0.4, -0.2) is 59.8 Å².